The molecule has 0 spiro atoms. The fourth-order valence-electron chi connectivity index (χ4n) is 1.62. The zero-order valence-corrected chi connectivity index (χ0v) is 10.3. The van der Waals surface area contributed by atoms with Crippen molar-refractivity contribution in [3.63, 3.8) is 0 Å². The molecule has 1 unspecified atom stereocenters. The number of benzene rings is 1. The lowest BCUT2D eigenvalue weighted by molar-refractivity contribution is 0.252. The smallest absolute Gasteiger partial charge is 0.122 e. The van der Waals surface area contributed by atoms with Gasteiger partial charge in [-0.25, -0.2) is 0 Å². The topological polar surface area (TPSA) is 41.5 Å². The van der Waals surface area contributed by atoms with Crippen LogP contribution in [0.3, 0.4) is 0 Å². The van der Waals surface area contributed by atoms with Gasteiger partial charge in [-0.15, -0.1) is 0 Å². The molecule has 0 saturated heterocycles. The van der Waals surface area contributed by atoms with E-state index in [0.29, 0.717) is 0 Å². The van der Waals surface area contributed by atoms with Gasteiger partial charge in [-0.2, -0.15) is 0 Å². The van der Waals surface area contributed by atoms with Crippen LogP contribution < -0.4 is 10.1 Å². The second-order valence-electron chi connectivity index (χ2n) is 4.10. The first-order valence-electron chi connectivity index (χ1n) is 5.65. The molecule has 0 radical (unpaired) electrons. The molecule has 0 aliphatic rings. The second kappa shape index (κ2) is 6.51. The van der Waals surface area contributed by atoms with Crippen LogP contribution >= 0.6 is 0 Å². The summed E-state index contributed by atoms with van der Waals surface area (Å²) in [4.78, 5) is 0. The summed E-state index contributed by atoms with van der Waals surface area (Å²) >= 11 is 0. The predicted molar refractivity (Wildman–Crippen MR) is 66.0 cm³/mol. The third-order valence-electron chi connectivity index (χ3n) is 2.60. The summed E-state index contributed by atoms with van der Waals surface area (Å²) in [7, 11) is 1.69. The summed E-state index contributed by atoms with van der Waals surface area (Å²) in [6.45, 7) is 5.06. The normalized spacial score (nSPS) is 12.5. The first kappa shape index (κ1) is 13.0. The molecule has 2 N–H and O–H groups in total. The number of ether oxygens (including phenoxy) is 1. The van der Waals surface area contributed by atoms with Crippen molar-refractivity contribution in [1.29, 1.82) is 0 Å². The maximum absolute atomic E-state index is 8.89. The van der Waals surface area contributed by atoms with Gasteiger partial charge in [-0.05, 0) is 38.4 Å². The highest BCUT2D eigenvalue weighted by Crippen LogP contribution is 2.19. The first-order valence-corrected chi connectivity index (χ1v) is 5.65. The molecule has 0 saturated carbocycles. The van der Waals surface area contributed by atoms with Gasteiger partial charge in [0.05, 0.1) is 13.7 Å². The Bertz CT molecular complexity index is 326. The van der Waals surface area contributed by atoms with Crippen LogP contribution in [-0.2, 0) is 6.42 Å². The van der Waals surface area contributed by atoms with E-state index in [1.165, 1.54) is 11.1 Å². The summed E-state index contributed by atoms with van der Waals surface area (Å²) in [6, 6.07) is 6.34. The number of rotatable bonds is 6. The molecule has 90 valence electrons. The molecular weight excluding hydrogens is 202 g/mol. The summed E-state index contributed by atoms with van der Waals surface area (Å²) < 4.78 is 5.31. The molecule has 0 aromatic heterocycles. The van der Waals surface area contributed by atoms with Gasteiger partial charge in [-0.1, -0.05) is 17.7 Å². The monoisotopic (exact) mass is 223 g/mol. The average molecular weight is 223 g/mol. The number of nitrogens with one attached hydrogen (secondary N) is 1. The molecule has 0 aliphatic carbocycles. The van der Waals surface area contributed by atoms with Gasteiger partial charge < -0.3 is 15.2 Å². The molecule has 1 atom stereocenters. The summed E-state index contributed by atoms with van der Waals surface area (Å²) in [5.41, 5.74) is 2.45. The van der Waals surface area contributed by atoms with E-state index in [1.807, 2.05) is 19.1 Å². The highest BCUT2D eigenvalue weighted by atomic mass is 16.5. The molecule has 0 aliphatic heterocycles. The molecule has 16 heavy (non-hydrogen) atoms. The van der Waals surface area contributed by atoms with Crippen LogP contribution in [0.25, 0.3) is 0 Å². The Hall–Kier alpha value is -1.06. The highest BCUT2D eigenvalue weighted by Gasteiger charge is 2.04. The minimum Gasteiger partial charge on any atom is -0.496 e. The van der Waals surface area contributed by atoms with Crippen LogP contribution in [-0.4, -0.2) is 31.4 Å². The molecule has 0 heterocycles. The van der Waals surface area contributed by atoms with Crippen molar-refractivity contribution >= 4 is 0 Å². The van der Waals surface area contributed by atoms with E-state index in [0.717, 1.165) is 18.7 Å². The maximum Gasteiger partial charge on any atom is 0.122 e. The molecule has 0 amide bonds. The number of hydrogen-bond acceptors (Lipinski definition) is 3. The Morgan fingerprint density at radius 1 is 1.44 bits per heavy atom. The van der Waals surface area contributed by atoms with Gasteiger partial charge >= 0.3 is 0 Å². The van der Waals surface area contributed by atoms with Crippen molar-refractivity contribution in [1.82, 2.24) is 5.32 Å². The van der Waals surface area contributed by atoms with Crippen molar-refractivity contribution in [2.24, 2.45) is 0 Å². The third-order valence-corrected chi connectivity index (χ3v) is 2.60. The van der Waals surface area contributed by atoms with Crippen molar-refractivity contribution in [3.8, 4) is 5.75 Å². The van der Waals surface area contributed by atoms with E-state index in [1.54, 1.807) is 7.11 Å². The zero-order chi connectivity index (χ0) is 12.0. The van der Waals surface area contributed by atoms with Crippen LogP contribution in [0, 0.1) is 6.92 Å². The summed E-state index contributed by atoms with van der Waals surface area (Å²) in [6.07, 6.45) is 0.912. The van der Waals surface area contributed by atoms with Crippen molar-refractivity contribution < 1.29 is 9.84 Å². The third kappa shape index (κ3) is 3.83. The number of methoxy groups -OCH3 is 1. The van der Waals surface area contributed by atoms with Crippen LogP contribution in [0.15, 0.2) is 18.2 Å². The van der Waals surface area contributed by atoms with Gasteiger partial charge in [0.1, 0.15) is 5.75 Å². The first-order chi connectivity index (χ1) is 7.67. The summed E-state index contributed by atoms with van der Waals surface area (Å²) in [5.74, 6) is 0.934. The molecule has 1 aromatic rings. The Morgan fingerprint density at radius 2 is 2.19 bits per heavy atom. The maximum atomic E-state index is 8.89. The van der Waals surface area contributed by atoms with Crippen molar-refractivity contribution in [3.05, 3.63) is 29.3 Å². The Morgan fingerprint density at radius 3 is 2.81 bits per heavy atom. The molecule has 1 aromatic carbocycles. The Labute approximate surface area is 97.4 Å². The second-order valence-corrected chi connectivity index (χ2v) is 4.10. The SMILES string of the molecule is COc1ccc(C)cc1CCNC(C)CO. The minimum absolute atomic E-state index is 0.149. The van der Waals surface area contributed by atoms with E-state index in [-0.39, 0.29) is 12.6 Å². The van der Waals surface area contributed by atoms with Crippen LogP contribution in [0.2, 0.25) is 0 Å². The lowest BCUT2D eigenvalue weighted by Crippen LogP contribution is -2.31. The molecule has 0 fully saturated rings. The lowest BCUT2D eigenvalue weighted by Gasteiger charge is -2.12. The molecule has 3 nitrogen and oxygen atoms in total. The van der Waals surface area contributed by atoms with Crippen LogP contribution in [0.4, 0.5) is 0 Å². The van der Waals surface area contributed by atoms with E-state index < -0.39 is 0 Å². The molecule has 3 heteroatoms. The van der Waals surface area contributed by atoms with Gasteiger partial charge in [0.15, 0.2) is 0 Å². The molecular formula is C13H21NO2. The number of aliphatic hydroxyl groups excluding tert-OH is 1. The van der Waals surface area contributed by atoms with E-state index in [4.69, 9.17) is 9.84 Å². The average Bonchev–Trinajstić information content (AvgIpc) is 2.29. The highest BCUT2D eigenvalue weighted by molar-refractivity contribution is 5.37. The fourth-order valence-corrected chi connectivity index (χ4v) is 1.62. The van der Waals surface area contributed by atoms with E-state index >= 15 is 0 Å². The molecule has 0 bridgehead atoms. The van der Waals surface area contributed by atoms with Crippen LogP contribution in [0.1, 0.15) is 18.1 Å². The number of hydrogen-bond donors (Lipinski definition) is 2. The summed E-state index contributed by atoms with van der Waals surface area (Å²) in [5, 5.41) is 12.1. The molecule has 1 rings (SSSR count). The van der Waals surface area contributed by atoms with Gasteiger partial charge in [0, 0.05) is 6.04 Å². The minimum atomic E-state index is 0.149. The number of aryl methyl sites for hydroxylation is 1. The van der Waals surface area contributed by atoms with Gasteiger partial charge in [-0.3, -0.25) is 0 Å². The quantitative estimate of drug-likeness (QED) is 0.768. The van der Waals surface area contributed by atoms with Crippen LogP contribution in [0.5, 0.6) is 5.75 Å². The fraction of sp³-hybridized carbons (Fsp3) is 0.538. The standard InChI is InChI=1S/C13H21NO2/c1-10-4-5-13(16-3)12(8-10)6-7-14-11(2)9-15/h4-5,8,11,14-15H,6-7,9H2,1-3H3. The van der Waals surface area contributed by atoms with Crippen molar-refractivity contribution in [2.75, 3.05) is 20.3 Å². The Balaban J connectivity index is 2.55. The van der Waals surface area contributed by atoms with E-state index in [2.05, 4.69) is 18.3 Å². The van der Waals surface area contributed by atoms with Gasteiger partial charge in [0.2, 0.25) is 0 Å². The van der Waals surface area contributed by atoms with Gasteiger partial charge in [0.25, 0.3) is 0 Å². The predicted octanol–water partition coefficient (Wildman–Crippen LogP) is 1.52. The largest absolute Gasteiger partial charge is 0.496 e. The Kier molecular flexibility index (Phi) is 5.29. The van der Waals surface area contributed by atoms with Crippen molar-refractivity contribution in [2.45, 2.75) is 26.3 Å². The number of aliphatic hydroxyl groups is 1. The lowest BCUT2D eigenvalue weighted by atomic mass is 10.1. The zero-order valence-electron chi connectivity index (χ0n) is 10.3. The van der Waals surface area contributed by atoms with E-state index in [9.17, 15) is 0 Å².